The van der Waals surface area contributed by atoms with Crippen molar-refractivity contribution in [2.75, 3.05) is 31.1 Å². The summed E-state index contributed by atoms with van der Waals surface area (Å²) in [7, 11) is -3.12. The van der Waals surface area contributed by atoms with Crippen LogP contribution in [0.1, 0.15) is 12.8 Å². The van der Waals surface area contributed by atoms with Gasteiger partial charge in [0.25, 0.3) is 15.7 Å². The minimum Gasteiger partial charge on any atom is -0.495 e. The van der Waals surface area contributed by atoms with Crippen LogP contribution >= 0.6 is 11.6 Å². The maximum absolute atomic E-state index is 13.6. The van der Waals surface area contributed by atoms with Crippen LogP contribution in [0.2, 0.25) is 5.02 Å². The number of hydrogen-bond acceptors (Lipinski definition) is 7. The van der Waals surface area contributed by atoms with Gasteiger partial charge >= 0.3 is 0 Å². The normalized spacial score (nSPS) is 15.9. The summed E-state index contributed by atoms with van der Waals surface area (Å²) in [4.78, 5) is 22.6. The lowest BCUT2D eigenvalue weighted by Gasteiger charge is -2.26. The molecule has 172 valence electrons. The SMILES string of the molecule is COc1ccccc1N(CC(=O)NC[C@@H]1CCCO1)S(=O)(=O)c1cc([N+](=O)[O-])ccc1Cl. The molecule has 3 rings (SSSR count). The molecule has 32 heavy (non-hydrogen) atoms. The minimum atomic E-state index is -4.48. The van der Waals surface area contributed by atoms with E-state index in [1.54, 1.807) is 12.1 Å². The molecule has 1 heterocycles. The van der Waals surface area contributed by atoms with Crippen LogP contribution in [-0.2, 0) is 19.6 Å². The molecule has 1 atom stereocenters. The van der Waals surface area contributed by atoms with Gasteiger partial charge < -0.3 is 14.8 Å². The molecule has 0 aromatic heterocycles. The molecule has 12 heteroatoms. The number of methoxy groups -OCH3 is 1. The van der Waals surface area contributed by atoms with Crippen molar-refractivity contribution in [3.05, 3.63) is 57.6 Å². The summed E-state index contributed by atoms with van der Waals surface area (Å²) in [5, 5.41) is 13.6. The maximum atomic E-state index is 13.6. The zero-order valence-electron chi connectivity index (χ0n) is 17.2. The van der Waals surface area contributed by atoms with Gasteiger partial charge in [0.2, 0.25) is 5.91 Å². The van der Waals surface area contributed by atoms with Crippen molar-refractivity contribution in [3.8, 4) is 5.75 Å². The molecule has 0 radical (unpaired) electrons. The number of nitrogens with one attached hydrogen (secondary N) is 1. The summed E-state index contributed by atoms with van der Waals surface area (Å²) in [5.41, 5.74) is -0.361. The van der Waals surface area contributed by atoms with Crippen LogP contribution in [0.3, 0.4) is 0 Å². The molecule has 0 unspecified atom stereocenters. The second-order valence-electron chi connectivity index (χ2n) is 6.99. The fraction of sp³-hybridized carbons (Fsp3) is 0.350. The predicted octanol–water partition coefficient (Wildman–Crippen LogP) is 2.75. The number of rotatable bonds is 9. The molecule has 2 aromatic carbocycles. The van der Waals surface area contributed by atoms with Crippen molar-refractivity contribution >= 4 is 38.9 Å². The highest BCUT2D eigenvalue weighted by Crippen LogP contribution is 2.35. The number of halogens is 1. The third-order valence-corrected chi connectivity index (χ3v) is 7.13. The first kappa shape index (κ1) is 23.8. The van der Waals surface area contributed by atoms with Crippen molar-refractivity contribution in [3.63, 3.8) is 0 Å². The van der Waals surface area contributed by atoms with E-state index in [2.05, 4.69) is 5.32 Å². The highest BCUT2D eigenvalue weighted by molar-refractivity contribution is 7.93. The zero-order valence-corrected chi connectivity index (χ0v) is 18.8. The molecule has 1 aliphatic heterocycles. The van der Waals surface area contributed by atoms with Gasteiger partial charge in [0.1, 0.15) is 17.2 Å². The van der Waals surface area contributed by atoms with Gasteiger partial charge in [-0.05, 0) is 31.0 Å². The van der Waals surface area contributed by atoms with Gasteiger partial charge in [-0.2, -0.15) is 0 Å². The summed E-state index contributed by atoms with van der Waals surface area (Å²) >= 11 is 6.10. The number of hydrogen-bond donors (Lipinski definition) is 1. The van der Waals surface area contributed by atoms with Crippen LogP contribution in [-0.4, -0.2) is 52.2 Å². The monoisotopic (exact) mass is 483 g/mol. The summed E-state index contributed by atoms with van der Waals surface area (Å²) in [6, 6.07) is 9.33. The maximum Gasteiger partial charge on any atom is 0.270 e. The molecule has 10 nitrogen and oxygen atoms in total. The Morgan fingerprint density at radius 2 is 2.09 bits per heavy atom. The smallest absolute Gasteiger partial charge is 0.270 e. The topological polar surface area (TPSA) is 128 Å². The number of carbonyl (C=O) groups is 1. The lowest BCUT2D eigenvalue weighted by Crippen LogP contribution is -2.43. The van der Waals surface area contributed by atoms with Gasteiger partial charge in [-0.3, -0.25) is 19.2 Å². The number of anilines is 1. The van der Waals surface area contributed by atoms with Crippen molar-refractivity contribution in [1.82, 2.24) is 5.32 Å². The Morgan fingerprint density at radius 3 is 2.75 bits per heavy atom. The first-order chi connectivity index (χ1) is 15.2. The lowest BCUT2D eigenvalue weighted by molar-refractivity contribution is -0.385. The number of nitro benzene ring substituents is 1. The Hall–Kier alpha value is -2.89. The second-order valence-corrected chi connectivity index (χ2v) is 9.23. The minimum absolute atomic E-state index is 0.0878. The highest BCUT2D eigenvalue weighted by Gasteiger charge is 2.32. The van der Waals surface area contributed by atoms with Crippen molar-refractivity contribution < 1.29 is 27.6 Å². The standard InChI is InChI=1S/C20H22ClN3O7S/c1-30-18-7-3-2-6-17(18)23(13-20(25)22-12-15-5-4-10-31-15)32(28,29)19-11-14(24(26)27)8-9-16(19)21/h2-3,6-9,11,15H,4-5,10,12-13H2,1H3,(H,22,25)/t15-/m0/s1. The largest absolute Gasteiger partial charge is 0.495 e. The summed E-state index contributed by atoms with van der Waals surface area (Å²) in [6.45, 7) is 0.276. The van der Waals surface area contributed by atoms with Crippen LogP contribution in [0.25, 0.3) is 0 Å². The summed E-state index contributed by atoms with van der Waals surface area (Å²) in [6.07, 6.45) is 1.58. The second kappa shape index (κ2) is 10.2. The van der Waals surface area contributed by atoms with Gasteiger partial charge in [0, 0.05) is 25.3 Å². The van der Waals surface area contributed by atoms with E-state index in [9.17, 15) is 23.3 Å². The lowest BCUT2D eigenvalue weighted by atomic mass is 10.2. The molecule has 2 aromatic rings. The quantitative estimate of drug-likeness (QED) is 0.429. The molecule has 1 aliphatic rings. The molecule has 1 N–H and O–H groups in total. The first-order valence-corrected chi connectivity index (χ1v) is 11.5. The van der Waals surface area contributed by atoms with Gasteiger partial charge in [-0.1, -0.05) is 23.7 Å². The molecule has 0 saturated carbocycles. The summed E-state index contributed by atoms with van der Waals surface area (Å²) < 4.78 is 38.7. The Morgan fingerprint density at radius 1 is 1.34 bits per heavy atom. The van der Waals surface area contributed by atoms with E-state index in [1.165, 1.54) is 19.2 Å². The first-order valence-electron chi connectivity index (χ1n) is 9.72. The third kappa shape index (κ3) is 5.29. The third-order valence-electron chi connectivity index (χ3n) is 4.89. The van der Waals surface area contributed by atoms with Crippen LogP contribution in [0, 0.1) is 10.1 Å². The number of carbonyl (C=O) groups excluding carboxylic acids is 1. The molecule has 0 aliphatic carbocycles. The Labute approximate surface area is 190 Å². The van der Waals surface area contributed by atoms with E-state index >= 15 is 0 Å². The molecular weight excluding hydrogens is 462 g/mol. The van der Waals surface area contributed by atoms with E-state index in [4.69, 9.17) is 21.1 Å². The van der Waals surface area contributed by atoms with E-state index in [0.29, 0.717) is 6.61 Å². The Balaban J connectivity index is 1.99. The number of non-ortho nitro benzene ring substituents is 1. The van der Waals surface area contributed by atoms with Gasteiger partial charge in [0.05, 0.1) is 28.8 Å². The van der Waals surface area contributed by atoms with Crippen molar-refractivity contribution in [2.24, 2.45) is 0 Å². The number of ether oxygens (including phenoxy) is 2. The fourth-order valence-electron chi connectivity index (χ4n) is 3.28. The molecule has 0 spiro atoms. The summed E-state index contributed by atoms with van der Waals surface area (Å²) in [5.74, 6) is -0.374. The Kier molecular flexibility index (Phi) is 7.54. The average Bonchev–Trinajstić information content (AvgIpc) is 3.29. The molecule has 1 fully saturated rings. The molecule has 1 saturated heterocycles. The van der Waals surface area contributed by atoms with Crippen LogP contribution in [0.15, 0.2) is 47.4 Å². The van der Waals surface area contributed by atoms with Crippen molar-refractivity contribution in [2.45, 2.75) is 23.8 Å². The Bertz CT molecular complexity index is 1100. The highest BCUT2D eigenvalue weighted by atomic mass is 35.5. The van der Waals surface area contributed by atoms with Crippen molar-refractivity contribution in [1.29, 1.82) is 0 Å². The number of benzene rings is 2. The molecular formula is C20H22ClN3O7S. The van der Waals surface area contributed by atoms with Crippen LogP contribution in [0.5, 0.6) is 5.75 Å². The van der Waals surface area contributed by atoms with Gasteiger partial charge in [0.15, 0.2) is 0 Å². The fourth-order valence-corrected chi connectivity index (χ4v) is 5.21. The predicted molar refractivity (Wildman–Crippen MR) is 118 cm³/mol. The van der Waals surface area contributed by atoms with Gasteiger partial charge in [-0.15, -0.1) is 0 Å². The average molecular weight is 484 g/mol. The van der Waals surface area contributed by atoms with E-state index in [1.807, 2.05) is 0 Å². The number of nitrogens with zero attached hydrogens (tertiary/aromatic N) is 2. The number of para-hydroxylation sites is 2. The number of amides is 1. The zero-order chi connectivity index (χ0) is 23.3. The molecule has 0 bridgehead atoms. The van der Waals surface area contributed by atoms with E-state index in [0.717, 1.165) is 35.3 Å². The van der Waals surface area contributed by atoms with Crippen LogP contribution < -0.4 is 14.4 Å². The van der Waals surface area contributed by atoms with E-state index < -0.39 is 38.0 Å². The van der Waals surface area contributed by atoms with E-state index in [-0.39, 0.29) is 29.1 Å². The van der Waals surface area contributed by atoms with Crippen LogP contribution in [0.4, 0.5) is 11.4 Å². The number of nitro groups is 1. The van der Waals surface area contributed by atoms with Gasteiger partial charge in [-0.25, -0.2) is 8.42 Å². The number of sulfonamides is 1. The molecule has 1 amide bonds.